The molecule has 0 spiro atoms. The van der Waals surface area contributed by atoms with Gasteiger partial charge in [0.05, 0.1) is 0 Å². The van der Waals surface area contributed by atoms with E-state index in [1.165, 1.54) is 0 Å². The fourth-order valence-electron chi connectivity index (χ4n) is 0.201. The average Bonchev–Trinajstić information content (AvgIpc) is 1.87. The molecule has 0 unspecified atom stereocenters. The molecule has 0 rings (SSSR count). The highest BCUT2D eigenvalue weighted by molar-refractivity contribution is 6.59. The minimum absolute atomic E-state index is 1.54. The number of hydrogen-bond donors (Lipinski definition) is 0. The van der Waals surface area contributed by atoms with E-state index in [0.717, 1.165) is 0 Å². The van der Waals surface area contributed by atoms with E-state index in [1.807, 2.05) is 0 Å². The van der Waals surface area contributed by atoms with Crippen LogP contribution in [-0.2, 0) is 13.3 Å². The van der Waals surface area contributed by atoms with Crippen molar-refractivity contribution >= 4 is 8.80 Å². The molecule has 0 aromatic rings. The maximum Gasteiger partial charge on any atom is 0.544 e. The Morgan fingerprint density at radius 2 is 1.62 bits per heavy atom. The van der Waals surface area contributed by atoms with Crippen molar-refractivity contribution < 1.29 is 13.3 Å². The summed E-state index contributed by atoms with van der Waals surface area (Å²) in [4.78, 5) is 0. The molecule has 0 bridgehead atoms. The molecule has 0 atom stereocenters. The van der Waals surface area contributed by atoms with E-state index in [-0.39, 0.29) is 0 Å². The van der Waals surface area contributed by atoms with Gasteiger partial charge in [0.1, 0.15) is 0 Å². The van der Waals surface area contributed by atoms with Crippen molar-refractivity contribution in [1.82, 2.24) is 0 Å². The highest BCUT2D eigenvalue weighted by atomic mass is 28.4. The van der Waals surface area contributed by atoms with Gasteiger partial charge in [0.2, 0.25) is 7.11 Å². The van der Waals surface area contributed by atoms with Gasteiger partial charge < -0.3 is 8.85 Å². The Labute approximate surface area is 50.9 Å². The largest absolute Gasteiger partial charge is 0.544 e. The SMILES string of the molecule is [CH2+]O[Si](C)(OC)OC. The summed E-state index contributed by atoms with van der Waals surface area (Å²) in [5.41, 5.74) is 0. The molecule has 0 aliphatic heterocycles. The normalized spacial score (nSPS) is 11.9. The van der Waals surface area contributed by atoms with Crippen LogP contribution in [0, 0.1) is 7.11 Å². The van der Waals surface area contributed by atoms with Crippen molar-refractivity contribution in [3.8, 4) is 0 Å². The fraction of sp³-hybridized carbons (Fsp3) is 0.750. The molecular formula is C4H11O3Si+. The quantitative estimate of drug-likeness (QED) is 0.420. The van der Waals surface area contributed by atoms with Gasteiger partial charge in [-0.15, -0.1) is 0 Å². The summed E-state index contributed by atoms with van der Waals surface area (Å²) in [6.07, 6.45) is 0. The summed E-state index contributed by atoms with van der Waals surface area (Å²) in [5, 5.41) is 0. The zero-order valence-electron chi connectivity index (χ0n) is 5.43. The van der Waals surface area contributed by atoms with Crippen LogP contribution in [0.25, 0.3) is 0 Å². The predicted octanol–water partition coefficient (Wildman–Crippen LogP) is 0.656. The van der Waals surface area contributed by atoms with Crippen LogP contribution in [0.1, 0.15) is 0 Å². The minimum Gasteiger partial charge on any atom is -0.375 e. The van der Waals surface area contributed by atoms with Gasteiger partial charge in [-0.25, -0.2) is 0 Å². The summed E-state index contributed by atoms with van der Waals surface area (Å²) in [7, 11) is 4.01. The summed E-state index contributed by atoms with van der Waals surface area (Å²) in [5.74, 6) is 0. The van der Waals surface area contributed by atoms with Crippen LogP contribution in [-0.4, -0.2) is 23.0 Å². The van der Waals surface area contributed by atoms with Gasteiger partial charge >= 0.3 is 8.80 Å². The van der Waals surface area contributed by atoms with Crippen LogP contribution >= 0.6 is 0 Å². The van der Waals surface area contributed by atoms with Gasteiger partial charge in [-0.1, -0.05) is 0 Å². The van der Waals surface area contributed by atoms with Crippen LogP contribution in [0.3, 0.4) is 0 Å². The summed E-state index contributed by atoms with van der Waals surface area (Å²) < 4.78 is 14.4. The molecule has 0 aromatic carbocycles. The topological polar surface area (TPSA) is 27.7 Å². The molecule has 0 aliphatic rings. The highest BCUT2D eigenvalue weighted by Gasteiger charge is 2.34. The Morgan fingerprint density at radius 1 is 1.25 bits per heavy atom. The van der Waals surface area contributed by atoms with Gasteiger partial charge in [0.15, 0.2) is 0 Å². The van der Waals surface area contributed by atoms with E-state index in [1.54, 1.807) is 20.8 Å². The molecule has 0 aromatic heterocycles. The van der Waals surface area contributed by atoms with E-state index in [9.17, 15) is 0 Å². The van der Waals surface area contributed by atoms with Crippen molar-refractivity contribution in [2.24, 2.45) is 0 Å². The van der Waals surface area contributed by atoms with Crippen LogP contribution in [0.4, 0.5) is 0 Å². The van der Waals surface area contributed by atoms with E-state index in [0.29, 0.717) is 0 Å². The second-order valence-electron chi connectivity index (χ2n) is 1.41. The third kappa shape index (κ3) is 1.83. The summed E-state index contributed by atoms with van der Waals surface area (Å²) in [6.45, 7) is 1.76. The molecule has 0 N–H and O–H groups in total. The lowest BCUT2D eigenvalue weighted by atomic mass is 11.8. The molecule has 0 saturated heterocycles. The predicted molar refractivity (Wildman–Crippen MR) is 32.1 cm³/mol. The average molecular weight is 135 g/mol. The first-order chi connectivity index (χ1) is 3.68. The maximum absolute atomic E-state index is 4.87. The number of hydrogen-bond acceptors (Lipinski definition) is 3. The molecule has 0 fully saturated rings. The molecule has 0 radical (unpaired) electrons. The lowest BCUT2D eigenvalue weighted by molar-refractivity contribution is 0.146. The zero-order valence-corrected chi connectivity index (χ0v) is 6.43. The summed E-state index contributed by atoms with van der Waals surface area (Å²) >= 11 is 0. The Bertz CT molecular complexity index is 54.0. The van der Waals surface area contributed by atoms with Gasteiger partial charge in [-0.3, -0.25) is 0 Å². The van der Waals surface area contributed by atoms with Crippen LogP contribution in [0.5, 0.6) is 0 Å². The first-order valence-electron chi connectivity index (χ1n) is 2.22. The minimum atomic E-state index is -2.28. The lowest BCUT2D eigenvalue weighted by Crippen LogP contribution is -2.37. The van der Waals surface area contributed by atoms with E-state index in [4.69, 9.17) is 8.85 Å². The van der Waals surface area contributed by atoms with Gasteiger partial charge in [0.25, 0.3) is 0 Å². The molecule has 0 heterocycles. The molecule has 0 amide bonds. The first-order valence-corrected chi connectivity index (χ1v) is 4.44. The lowest BCUT2D eigenvalue weighted by Gasteiger charge is -2.13. The van der Waals surface area contributed by atoms with Gasteiger partial charge in [-0.05, 0) is 0 Å². The number of rotatable bonds is 3. The molecule has 3 nitrogen and oxygen atoms in total. The Morgan fingerprint density at radius 3 is 1.62 bits per heavy atom. The van der Waals surface area contributed by atoms with Crippen molar-refractivity contribution in [1.29, 1.82) is 0 Å². The smallest absolute Gasteiger partial charge is 0.375 e. The van der Waals surface area contributed by atoms with Crippen molar-refractivity contribution in [2.75, 3.05) is 14.2 Å². The van der Waals surface area contributed by atoms with Gasteiger partial charge in [-0.2, -0.15) is 4.43 Å². The van der Waals surface area contributed by atoms with Crippen molar-refractivity contribution in [2.45, 2.75) is 6.55 Å². The van der Waals surface area contributed by atoms with Crippen LogP contribution in [0.2, 0.25) is 6.55 Å². The Balaban J connectivity index is 3.58. The standard InChI is InChI=1S/C4H11O3Si/c1-5-8(4,6-2)7-3/h1H2,2-4H3/q+1. The fourth-order valence-corrected chi connectivity index (χ4v) is 0.604. The third-order valence-electron chi connectivity index (χ3n) is 1.00. The van der Waals surface area contributed by atoms with Gasteiger partial charge in [0, 0.05) is 20.8 Å². The molecule has 48 valence electrons. The Hall–Kier alpha value is -0.0331. The maximum atomic E-state index is 4.87. The summed E-state index contributed by atoms with van der Waals surface area (Å²) in [6, 6.07) is 0. The molecular weight excluding hydrogens is 124 g/mol. The Kier molecular flexibility index (Phi) is 3.07. The molecule has 0 saturated carbocycles. The molecule has 0 aliphatic carbocycles. The monoisotopic (exact) mass is 135 g/mol. The van der Waals surface area contributed by atoms with E-state index >= 15 is 0 Å². The highest BCUT2D eigenvalue weighted by Crippen LogP contribution is 2.03. The van der Waals surface area contributed by atoms with E-state index < -0.39 is 8.80 Å². The van der Waals surface area contributed by atoms with Crippen molar-refractivity contribution in [3.05, 3.63) is 7.11 Å². The second-order valence-corrected chi connectivity index (χ2v) is 4.24. The van der Waals surface area contributed by atoms with Crippen LogP contribution < -0.4 is 0 Å². The van der Waals surface area contributed by atoms with Crippen molar-refractivity contribution in [3.63, 3.8) is 0 Å². The zero-order chi connectivity index (χ0) is 6.62. The first kappa shape index (κ1) is 7.97. The van der Waals surface area contributed by atoms with E-state index in [2.05, 4.69) is 11.5 Å². The molecule has 8 heavy (non-hydrogen) atoms. The second kappa shape index (κ2) is 3.08. The third-order valence-corrected chi connectivity index (χ3v) is 3.01. The van der Waals surface area contributed by atoms with Crippen LogP contribution in [0.15, 0.2) is 0 Å². The molecule has 4 heteroatoms.